The third-order valence-corrected chi connectivity index (χ3v) is 4.27. The topological polar surface area (TPSA) is 92.3 Å². The fraction of sp³-hybridized carbons (Fsp3) is 0.467. The van der Waals surface area contributed by atoms with Gasteiger partial charge in [-0.1, -0.05) is 0 Å². The number of carboxylic acids is 1. The highest BCUT2D eigenvalue weighted by atomic mass is 16.5. The molecule has 2 aromatic heterocycles. The first kappa shape index (κ1) is 14.1. The van der Waals surface area contributed by atoms with E-state index in [-0.39, 0.29) is 17.8 Å². The molecule has 4 heterocycles. The van der Waals surface area contributed by atoms with E-state index in [1.54, 1.807) is 12.4 Å². The summed E-state index contributed by atoms with van der Waals surface area (Å²) >= 11 is 0. The van der Waals surface area contributed by atoms with Crippen molar-refractivity contribution in [1.29, 1.82) is 0 Å². The Balaban J connectivity index is 1.56. The molecular formula is C15H17N5O3. The van der Waals surface area contributed by atoms with Crippen LogP contribution in [0.1, 0.15) is 41.4 Å². The van der Waals surface area contributed by atoms with Crippen LogP contribution >= 0.6 is 0 Å². The molecule has 0 amide bonds. The lowest BCUT2D eigenvalue weighted by molar-refractivity contribution is -0.0817. The molecule has 2 aromatic rings. The molecule has 8 nitrogen and oxygen atoms in total. The van der Waals surface area contributed by atoms with Crippen LogP contribution < -0.4 is 0 Å². The summed E-state index contributed by atoms with van der Waals surface area (Å²) in [6.07, 6.45) is 8.66. The van der Waals surface area contributed by atoms with Crippen LogP contribution in [0.3, 0.4) is 0 Å². The van der Waals surface area contributed by atoms with Gasteiger partial charge in [-0.05, 0) is 25.3 Å². The van der Waals surface area contributed by atoms with E-state index >= 15 is 0 Å². The van der Waals surface area contributed by atoms with Crippen molar-refractivity contribution in [2.45, 2.75) is 31.4 Å². The number of hydrogen-bond donors (Lipinski definition) is 1. The van der Waals surface area contributed by atoms with Gasteiger partial charge in [-0.15, -0.1) is 0 Å². The molecule has 0 radical (unpaired) electrons. The number of hydrazone groups is 1. The number of rotatable bonds is 3. The van der Waals surface area contributed by atoms with Gasteiger partial charge in [0.15, 0.2) is 5.69 Å². The third kappa shape index (κ3) is 2.55. The minimum Gasteiger partial charge on any atom is -0.477 e. The van der Waals surface area contributed by atoms with Crippen LogP contribution in [0.2, 0.25) is 0 Å². The van der Waals surface area contributed by atoms with E-state index in [4.69, 9.17) is 9.84 Å². The Bertz CT molecular complexity index is 766. The van der Waals surface area contributed by atoms with E-state index in [9.17, 15) is 4.79 Å². The lowest BCUT2D eigenvalue weighted by atomic mass is 10.1. The van der Waals surface area contributed by atoms with E-state index < -0.39 is 5.97 Å². The van der Waals surface area contributed by atoms with Crippen LogP contribution in [0.5, 0.6) is 0 Å². The number of fused-ring (bicyclic) bond motifs is 1. The Morgan fingerprint density at radius 3 is 3.09 bits per heavy atom. The van der Waals surface area contributed by atoms with Gasteiger partial charge in [-0.3, -0.25) is 9.41 Å². The predicted octanol–water partition coefficient (Wildman–Crippen LogP) is 1.34. The van der Waals surface area contributed by atoms with Crippen LogP contribution in [0.15, 0.2) is 23.6 Å². The van der Waals surface area contributed by atoms with Crippen LogP contribution in [-0.4, -0.2) is 56.0 Å². The molecule has 0 saturated carbocycles. The number of aromatic carboxylic acids is 1. The molecule has 4 rings (SSSR count). The molecule has 0 aromatic carbocycles. The Hall–Kier alpha value is -2.48. The lowest BCUT2D eigenvalue weighted by Gasteiger charge is -2.30. The molecule has 120 valence electrons. The van der Waals surface area contributed by atoms with Gasteiger partial charge < -0.3 is 9.84 Å². The highest BCUT2D eigenvalue weighted by Crippen LogP contribution is 2.26. The van der Waals surface area contributed by atoms with Crippen molar-refractivity contribution in [3.8, 4) is 0 Å². The molecule has 2 aliphatic heterocycles. The molecule has 1 saturated heterocycles. The predicted molar refractivity (Wildman–Crippen MR) is 81.5 cm³/mol. The first-order valence-corrected chi connectivity index (χ1v) is 7.72. The van der Waals surface area contributed by atoms with E-state index in [0.717, 1.165) is 31.7 Å². The largest absolute Gasteiger partial charge is 0.477 e. The zero-order valence-electron chi connectivity index (χ0n) is 12.5. The molecule has 0 aliphatic carbocycles. The maximum atomic E-state index is 11.0. The summed E-state index contributed by atoms with van der Waals surface area (Å²) in [6.45, 7) is 1.53. The summed E-state index contributed by atoms with van der Waals surface area (Å²) < 4.78 is 7.58. The van der Waals surface area contributed by atoms with Crippen molar-refractivity contribution < 1.29 is 14.6 Å². The average molecular weight is 315 g/mol. The van der Waals surface area contributed by atoms with Crippen molar-refractivity contribution in [2.24, 2.45) is 5.10 Å². The average Bonchev–Trinajstić information content (AvgIpc) is 3.21. The van der Waals surface area contributed by atoms with Gasteiger partial charge in [0.05, 0.1) is 24.4 Å². The number of carbonyl (C=O) groups is 1. The van der Waals surface area contributed by atoms with E-state index in [1.807, 2.05) is 15.6 Å². The van der Waals surface area contributed by atoms with Gasteiger partial charge in [0.25, 0.3) is 0 Å². The minimum atomic E-state index is -1.06. The number of carboxylic acid groups (broad SMARTS) is 1. The molecule has 0 spiro atoms. The van der Waals surface area contributed by atoms with Crippen molar-refractivity contribution in [3.05, 3.63) is 29.8 Å². The number of aromatic nitrogens is 3. The maximum absolute atomic E-state index is 11.0. The molecule has 0 bridgehead atoms. The maximum Gasteiger partial charge on any atom is 0.354 e. The molecule has 1 fully saturated rings. The summed E-state index contributed by atoms with van der Waals surface area (Å²) in [5, 5.41) is 15.5. The molecule has 2 atom stereocenters. The highest BCUT2D eigenvalue weighted by molar-refractivity contribution is 5.85. The fourth-order valence-corrected chi connectivity index (χ4v) is 3.07. The van der Waals surface area contributed by atoms with Crippen molar-refractivity contribution >= 4 is 18.0 Å². The first-order valence-electron chi connectivity index (χ1n) is 7.72. The second kappa shape index (κ2) is 5.62. The van der Waals surface area contributed by atoms with E-state index in [0.29, 0.717) is 5.78 Å². The summed E-state index contributed by atoms with van der Waals surface area (Å²) in [7, 11) is 0. The fourth-order valence-electron chi connectivity index (χ4n) is 3.07. The van der Waals surface area contributed by atoms with Crippen LogP contribution in [0.4, 0.5) is 0 Å². The highest BCUT2D eigenvalue weighted by Gasteiger charge is 2.29. The summed E-state index contributed by atoms with van der Waals surface area (Å²) in [6, 6.07) is 1.48. The Morgan fingerprint density at radius 2 is 2.30 bits per heavy atom. The second-order valence-corrected chi connectivity index (χ2v) is 5.79. The van der Waals surface area contributed by atoms with Crippen LogP contribution in [-0.2, 0) is 4.74 Å². The van der Waals surface area contributed by atoms with Crippen molar-refractivity contribution in [2.75, 3.05) is 13.2 Å². The monoisotopic (exact) mass is 315 g/mol. The number of nitrogens with zero attached hydrogens (tertiary/aromatic N) is 5. The van der Waals surface area contributed by atoms with Gasteiger partial charge in [0, 0.05) is 19.0 Å². The lowest BCUT2D eigenvalue weighted by Crippen LogP contribution is -2.35. The van der Waals surface area contributed by atoms with Crippen molar-refractivity contribution in [3.63, 3.8) is 0 Å². The first-order chi connectivity index (χ1) is 11.2. The molecule has 2 aliphatic rings. The van der Waals surface area contributed by atoms with Gasteiger partial charge in [0.1, 0.15) is 6.23 Å². The van der Waals surface area contributed by atoms with Crippen molar-refractivity contribution in [1.82, 2.24) is 19.4 Å². The van der Waals surface area contributed by atoms with Gasteiger partial charge in [-0.2, -0.15) is 5.10 Å². The zero-order valence-corrected chi connectivity index (χ0v) is 12.5. The van der Waals surface area contributed by atoms with Gasteiger partial charge in [-0.25, -0.2) is 14.8 Å². The number of hydrogen-bond acceptors (Lipinski definition) is 6. The summed E-state index contributed by atoms with van der Waals surface area (Å²) in [5.74, 6) is -0.575. The zero-order chi connectivity index (χ0) is 15.8. The minimum absolute atomic E-state index is 0.00743. The second-order valence-electron chi connectivity index (χ2n) is 5.79. The van der Waals surface area contributed by atoms with E-state index in [1.165, 1.54) is 12.5 Å². The van der Waals surface area contributed by atoms with E-state index in [2.05, 4.69) is 15.1 Å². The molecule has 1 N–H and O–H groups in total. The third-order valence-electron chi connectivity index (χ3n) is 4.27. The molecule has 8 heteroatoms. The summed E-state index contributed by atoms with van der Waals surface area (Å²) in [4.78, 5) is 19.3. The molecular weight excluding hydrogens is 298 g/mol. The number of ether oxygens (including phenoxy) is 1. The quantitative estimate of drug-likeness (QED) is 0.919. The normalized spacial score (nSPS) is 24.4. The molecule has 23 heavy (non-hydrogen) atoms. The van der Waals surface area contributed by atoms with Gasteiger partial charge >= 0.3 is 5.97 Å². The van der Waals surface area contributed by atoms with Crippen LogP contribution in [0, 0.1) is 0 Å². The standard InChI is InChI=1S/C15H17N5O3/c21-14(22)11-4-5-19-12(8-16-15(19)18-11)10-7-17-20(9-10)13-3-1-2-6-23-13/h4-5,7-8,10,13H,1-3,6,9H2,(H,21,22). The smallest absolute Gasteiger partial charge is 0.354 e. The number of imidazole rings is 1. The summed E-state index contributed by atoms with van der Waals surface area (Å²) in [5.41, 5.74) is 0.943. The van der Waals surface area contributed by atoms with Gasteiger partial charge in [0.2, 0.25) is 5.78 Å². The molecule has 2 unspecified atom stereocenters. The Labute approximate surface area is 132 Å². The SMILES string of the molecule is O=C(O)c1ccn2c(C3C=NN(C4CCCCO4)C3)cnc2n1. The Kier molecular flexibility index (Phi) is 3.45. The van der Waals surface area contributed by atoms with Crippen LogP contribution in [0.25, 0.3) is 5.78 Å². The Morgan fingerprint density at radius 1 is 1.39 bits per heavy atom.